The van der Waals surface area contributed by atoms with Crippen LogP contribution in [0.4, 0.5) is 0 Å². The number of nitrogens with zero attached hydrogens (tertiary/aromatic N) is 1. The Kier molecular flexibility index (Phi) is 5.75. The summed E-state index contributed by atoms with van der Waals surface area (Å²) in [6.07, 6.45) is 4.25. The fraction of sp³-hybridized carbons (Fsp3) is 0.933. The minimum atomic E-state index is -1.12. The van der Waals surface area contributed by atoms with Gasteiger partial charge in [-0.3, -0.25) is 9.69 Å². The van der Waals surface area contributed by atoms with Crippen molar-refractivity contribution in [2.24, 2.45) is 5.92 Å². The van der Waals surface area contributed by atoms with E-state index in [1.165, 1.54) is 12.8 Å². The summed E-state index contributed by atoms with van der Waals surface area (Å²) in [5.74, 6) is 1.91. The second-order valence-electron chi connectivity index (χ2n) is 6.58. The van der Waals surface area contributed by atoms with Crippen molar-refractivity contribution in [1.82, 2.24) is 10.2 Å². The molecule has 2 saturated heterocycles. The molecule has 0 aromatic heterocycles. The predicted octanol–water partition coefficient (Wildman–Crippen LogP) is 1.48. The molecule has 2 unspecified atom stereocenters. The van der Waals surface area contributed by atoms with E-state index < -0.39 is 5.60 Å². The molecular formula is C15H28N2O2S. The average molecular weight is 300 g/mol. The van der Waals surface area contributed by atoms with E-state index in [0.717, 1.165) is 25.3 Å². The van der Waals surface area contributed by atoms with E-state index in [1.54, 1.807) is 11.8 Å². The number of carbonyl (C=O) groups excluding carboxylic acids is 1. The van der Waals surface area contributed by atoms with Crippen LogP contribution < -0.4 is 5.32 Å². The maximum Gasteiger partial charge on any atom is 0.252 e. The number of rotatable bonds is 5. The van der Waals surface area contributed by atoms with Gasteiger partial charge in [0.05, 0.1) is 0 Å². The van der Waals surface area contributed by atoms with Crippen LogP contribution in [0.15, 0.2) is 0 Å². The lowest BCUT2D eigenvalue weighted by atomic mass is 9.99. The first kappa shape index (κ1) is 16.1. The summed E-state index contributed by atoms with van der Waals surface area (Å²) in [4.78, 5) is 14.6. The maximum atomic E-state index is 12.1. The van der Waals surface area contributed by atoms with E-state index in [-0.39, 0.29) is 5.91 Å². The van der Waals surface area contributed by atoms with Gasteiger partial charge < -0.3 is 10.4 Å². The molecule has 2 aliphatic rings. The summed E-state index contributed by atoms with van der Waals surface area (Å²) in [5, 5.41) is 13.2. The highest BCUT2D eigenvalue weighted by Crippen LogP contribution is 2.28. The standard InChI is InChI=1S/C15H28N2O2S/c1-12(2)10-17-7-4-3-5-13(17)9-16-14(18)15(19)6-8-20-11-15/h12-13,19H,3-11H2,1-2H3,(H,16,18). The summed E-state index contributed by atoms with van der Waals surface area (Å²) in [6, 6.07) is 0.438. The number of amides is 1. The summed E-state index contributed by atoms with van der Waals surface area (Å²) < 4.78 is 0. The van der Waals surface area contributed by atoms with Crippen molar-refractivity contribution in [3.05, 3.63) is 0 Å². The van der Waals surface area contributed by atoms with Gasteiger partial charge in [-0.15, -0.1) is 0 Å². The monoisotopic (exact) mass is 300 g/mol. The van der Waals surface area contributed by atoms with Crippen LogP contribution in [0.1, 0.15) is 39.5 Å². The smallest absolute Gasteiger partial charge is 0.252 e. The molecule has 2 atom stereocenters. The van der Waals surface area contributed by atoms with Crippen molar-refractivity contribution in [2.75, 3.05) is 31.1 Å². The van der Waals surface area contributed by atoms with Crippen molar-refractivity contribution in [1.29, 1.82) is 0 Å². The highest BCUT2D eigenvalue weighted by Gasteiger charge is 2.39. The minimum absolute atomic E-state index is 0.169. The van der Waals surface area contributed by atoms with Crippen LogP contribution in [0.2, 0.25) is 0 Å². The number of hydrogen-bond acceptors (Lipinski definition) is 4. The van der Waals surface area contributed by atoms with Crippen molar-refractivity contribution in [2.45, 2.75) is 51.2 Å². The van der Waals surface area contributed by atoms with E-state index >= 15 is 0 Å². The molecule has 4 nitrogen and oxygen atoms in total. The van der Waals surface area contributed by atoms with E-state index in [4.69, 9.17) is 0 Å². The largest absolute Gasteiger partial charge is 0.379 e. The van der Waals surface area contributed by atoms with Crippen molar-refractivity contribution < 1.29 is 9.90 Å². The molecule has 2 heterocycles. The third kappa shape index (κ3) is 4.12. The van der Waals surface area contributed by atoms with Crippen LogP contribution >= 0.6 is 11.8 Å². The van der Waals surface area contributed by atoms with Gasteiger partial charge in [-0.05, 0) is 37.5 Å². The molecule has 0 aromatic carbocycles. The highest BCUT2D eigenvalue weighted by molar-refractivity contribution is 7.99. The van der Waals surface area contributed by atoms with Gasteiger partial charge in [-0.25, -0.2) is 0 Å². The lowest BCUT2D eigenvalue weighted by Crippen LogP contribution is -2.53. The molecule has 0 aromatic rings. The zero-order valence-electron chi connectivity index (χ0n) is 12.7. The zero-order chi connectivity index (χ0) is 14.6. The van der Waals surface area contributed by atoms with Gasteiger partial charge in [0.1, 0.15) is 0 Å². The SMILES string of the molecule is CC(C)CN1CCCCC1CNC(=O)C1(O)CCSC1. The molecule has 116 valence electrons. The third-order valence-corrected chi connectivity index (χ3v) is 5.44. The molecule has 2 fully saturated rings. The second-order valence-corrected chi connectivity index (χ2v) is 7.69. The van der Waals surface area contributed by atoms with Crippen LogP contribution in [0, 0.1) is 5.92 Å². The van der Waals surface area contributed by atoms with E-state index in [0.29, 0.717) is 30.7 Å². The van der Waals surface area contributed by atoms with Crippen LogP contribution in [0.25, 0.3) is 0 Å². The Morgan fingerprint density at radius 1 is 1.50 bits per heavy atom. The summed E-state index contributed by atoms with van der Waals surface area (Å²) in [5.41, 5.74) is -1.12. The molecule has 2 rings (SSSR count). The highest BCUT2D eigenvalue weighted by atomic mass is 32.2. The number of thioether (sulfide) groups is 1. The number of likely N-dealkylation sites (tertiary alicyclic amines) is 1. The van der Waals surface area contributed by atoms with Crippen molar-refractivity contribution >= 4 is 17.7 Å². The van der Waals surface area contributed by atoms with Gasteiger partial charge in [0.25, 0.3) is 5.91 Å². The molecule has 0 saturated carbocycles. The van der Waals surface area contributed by atoms with Gasteiger partial charge >= 0.3 is 0 Å². The van der Waals surface area contributed by atoms with Crippen LogP contribution in [0.3, 0.4) is 0 Å². The quantitative estimate of drug-likeness (QED) is 0.807. The molecular weight excluding hydrogens is 272 g/mol. The van der Waals surface area contributed by atoms with Gasteiger partial charge in [0.15, 0.2) is 5.60 Å². The first-order chi connectivity index (χ1) is 9.51. The fourth-order valence-corrected chi connectivity index (χ4v) is 4.35. The molecule has 0 aliphatic carbocycles. The predicted molar refractivity (Wildman–Crippen MR) is 84.0 cm³/mol. The number of aliphatic hydroxyl groups is 1. The molecule has 20 heavy (non-hydrogen) atoms. The molecule has 5 heteroatoms. The topological polar surface area (TPSA) is 52.6 Å². The van der Waals surface area contributed by atoms with Crippen LogP contribution in [-0.4, -0.2) is 58.7 Å². The van der Waals surface area contributed by atoms with Gasteiger partial charge in [0, 0.05) is 24.9 Å². The number of hydrogen-bond donors (Lipinski definition) is 2. The van der Waals surface area contributed by atoms with Crippen molar-refractivity contribution in [3.8, 4) is 0 Å². The Morgan fingerprint density at radius 3 is 2.95 bits per heavy atom. The second kappa shape index (κ2) is 7.14. The molecule has 0 spiro atoms. The van der Waals surface area contributed by atoms with Gasteiger partial charge in [-0.2, -0.15) is 11.8 Å². The summed E-state index contributed by atoms with van der Waals surface area (Å²) in [7, 11) is 0. The number of nitrogens with one attached hydrogen (secondary N) is 1. The summed E-state index contributed by atoms with van der Waals surface area (Å²) >= 11 is 1.66. The van der Waals surface area contributed by atoms with Gasteiger partial charge in [-0.1, -0.05) is 20.3 Å². The maximum absolute atomic E-state index is 12.1. The Morgan fingerprint density at radius 2 is 2.30 bits per heavy atom. The number of carbonyl (C=O) groups is 1. The minimum Gasteiger partial charge on any atom is -0.379 e. The Balaban J connectivity index is 1.83. The van der Waals surface area contributed by atoms with E-state index in [1.807, 2.05) is 0 Å². The lowest BCUT2D eigenvalue weighted by molar-refractivity contribution is -0.137. The first-order valence-corrected chi connectivity index (χ1v) is 8.99. The molecule has 1 amide bonds. The number of piperidine rings is 1. The van der Waals surface area contributed by atoms with E-state index in [2.05, 4.69) is 24.1 Å². The average Bonchev–Trinajstić information content (AvgIpc) is 2.85. The lowest BCUT2D eigenvalue weighted by Gasteiger charge is -2.37. The Bertz CT molecular complexity index is 330. The molecule has 0 radical (unpaired) electrons. The molecule has 2 aliphatic heterocycles. The fourth-order valence-electron chi connectivity index (χ4n) is 3.11. The van der Waals surface area contributed by atoms with Crippen LogP contribution in [0.5, 0.6) is 0 Å². The van der Waals surface area contributed by atoms with Crippen molar-refractivity contribution in [3.63, 3.8) is 0 Å². The third-order valence-electron chi connectivity index (χ3n) is 4.27. The molecule has 2 N–H and O–H groups in total. The Labute approximate surface area is 126 Å². The van der Waals surface area contributed by atoms with Gasteiger partial charge in [0.2, 0.25) is 0 Å². The Hall–Kier alpha value is -0.260. The zero-order valence-corrected chi connectivity index (χ0v) is 13.5. The van der Waals surface area contributed by atoms with E-state index in [9.17, 15) is 9.90 Å². The molecule has 0 bridgehead atoms. The van der Waals surface area contributed by atoms with Crippen LogP contribution in [-0.2, 0) is 4.79 Å². The first-order valence-electron chi connectivity index (χ1n) is 7.84. The summed E-state index contributed by atoms with van der Waals surface area (Å²) in [6.45, 7) is 7.39. The normalized spacial score (nSPS) is 31.7.